The number of benzene rings is 1. The van der Waals surface area contributed by atoms with Gasteiger partial charge < -0.3 is 21.3 Å². The van der Waals surface area contributed by atoms with E-state index in [2.05, 4.69) is 19.2 Å². The molecule has 1 aromatic carbocycles. The molecule has 1 rings (SSSR count). The van der Waals surface area contributed by atoms with E-state index in [1.807, 2.05) is 0 Å². The molecule has 1 atom stereocenters. The van der Waals surface area contributed by atoms with Crippen molar-refractivity contribution in [3.63, 3.8) is 0 Å². The van der Waals surface area contributed by atoms with Gasteiger partial charge in [0.25, 0.3) is 5.91 Å². The van der Waals surface area contributed by atoms with Gasteiger partial charge >= 0.3 is 0 Å². The molecule has 0 saturated carbocycles. The van der Waals surface area contributed by atoms with E-state index in [1.54, 1.807) is 0 Å². The molecule has 0 saturated heterocycles. The molecular formula is C14H22N2O3. The Kier molecular flexibility index (Phi) is 5.63. The minimum atomic E-state index is -0.435. The number of phenolic OH excluding ortho intramolecular Hbond substituents is 2. The fourth-order valence-corrected chi connectivity index (χ4v) is 2.07. The van der Waals surface area contributed by atoms with E-state index in [1.165, 1.54) is 18.2 Å². The van der Waals surface area contributed by atoms with Crippen LogP contribution in [-0.4, -0.2) is 28.7 Å². The van der Waals surface area contributed by atoms with Crippen molar-refractivity contribution in [2.24, 2.45) is 11.7 Å². The zero-order valence-corrected chi connectivity index (χ0v) is 11.4. The van der Waals surface area contributed by atoms with Crippen molar-refractivity contribution in [3.8, 4) is 11.5 Å². The Morgan fingerprint density at radius 1 is 1.32 bits per heavy atom. The molecule has 0 radical (unpaired) electrons. The molecule has 106 valence electrons. The fourth-order valence-electron chi connectivity index (χ4n) is 2.07. The van der Waals surface area contributed by atoms with Crippen LogP contribution in [0.4, 0.5) is 0 Å². The maximum absolute atomic E-state index is 11.9. The summed E-state index contributed by atoms with van der Waals surface area (Å²) >= 11 is 0. The number of hydrogen-bond acceptors (Lipinski definition) is 4. The molecule has 0 fully saturated rings. The standard InChI is InChI=1S/C14H22N2O3/c1-3-9(4-2)12(15)8-16-14(19)11-7-10(17)5-6-13(11)18/h5-7,9,12,17-18H,3-4,8,15H2,1-2H3,(H,16,19). The van der Waals surface area contributed by atoms with E-state index in [4.69, 9.17) is 5.73 Å². The van der Waals surface area contributed by atoms with E-state index in [0.717, 1.165) is 12.8 Å². The summed E-state index contributed by atoms with van der Waals surface area (Å²) in [6.07, 6.45) is 1.93. The maximum Gasteiger partial charge on any atom is 0.255 e. The summed E-state index contributed by atoms with van der Waals surface area (Å²) in [5, 5.41) is 21.6. The SMILES string of the molecule is CCC(CC)C(N)CNC(=O)c1cc(O)ccc1O. The number of amides is 1. The van der Waals surface area contributed by atoms with E-state index < -0.39 is 5.91 Å². The molecule has 1 unspecified atom stereocenters. The predicted octanol–water partition coefficient (Wildman–Crippen LogP) is 1.59. The lowest BCUT2D eigenvalue weighted by atomic mass is 9.95. The Morgan fingerprint density at radius 2 is 1.95 bits per heavy atom. The zero-order chi connectivity index (χ0) is 14.4. The monoisotopic (exact) mass is 266 g/mol. The second-order valence-corrected chi connectivity index (χ2v) is 4.65. The third-order valence-electron chi connectivity index (χ3n) is 3.38. The average Bonchev–Trinajstić information content (AvgIpc) is 2.40. The molecule has 0 bridgehead atoms. The lowest BCUT2D eigenvalue weighted by molar-refractivity contribution is 0.0945. The largest absolute Gasteiger partial charge is 0.508 e. The quantitative estimate of drug-likeness (QED) is 0.588. The minimum absolute atomic E-state index is 0.0525. The molecule has 0 aliphatic rings. The zero-order valence-electron chi connectivity index (χ0n) is 11.4. The number of nitrogens with two attached hydrogens (primary N) is 1. The summed E-state index contributed by atoms with van der Waals surface area (Å²) in [5.41, 5.74) is 6.06. The third-order valence-corrected chi connectivity index (χ3v) is 3.38. The molecule has 0 aliphatic heterocycles. The smallest absolute Gasteiger partial charge is 0.255 e. The lowest BCUT2D eigenvalue weighted by Gasteiger charge is -2.21. The molecule has 5 nitrogen and oxygen atoms in total. The second-order valence-electron chi connectivity index (χ2n) is 4.65. The Hall–Kier alpha value is -1.75. The highest BCUT2D eigenvalue weighted by molar-refractivity contribution is 5.97. The van der Waals surface area contributed by atoms with Gasteiger partial charge in [-0.05, 0) is 24.1 Å². The second kappa shape index (κ2) is 6.99. The van der Waals surface area contributed by atoms with Crippen LogP contribution >= 0.6 is 0 Å². The summed E-state index contributed by atoms with van der Waals surface area (Å²) in [4.78, 5) is 11.9. The summed E-state index contributed by atoms with van der Waals surface area (Å²) in [5.74, 6) is -0.300. The minimum Gasteiger partial charge on any atom is -0.508 e. The highest BCUT2D eigenvalue weighted by Crippen LogP contribution is 2.21. The van der Waals surface area contributed by atoms with Gasteiger partial charge in [0.15, 0.2) is 0 Å². The molecule has 1 amide bonds. The van der Waals surface area contributed by atoms with Crippen LogP contribution in [0.25, 0.3) is 0 Å². The van der Waals surface area contributed by atoms with Crippen LogP contribution in [0.3, 0.4) is 0 Å². The average molecular weight is 266 g/mol. The van der Waals surface area contributed by atoms with Crippen molar-refractivity contribution >= 4 is 5.91 Å². The van der Waals surface area contributed by atoms with Gasteiger partial charge in [0.05, 0.1) is 5.56 Å². The van der Waals surface area contributed by atoms with Gasteiger partial charge in [-0.1, -0.05) is 26.7 Å². The molecule has 0 heterocycles. The van der Waals surface area contributed by atoms with Gasteiger partial charge in [0.1, 0.15) is 11.5 Å². The van der Waals surface area contributed by atoms with Crippen LogP contribution < -0.4 is 11.1 Å². The first kappa shape index (κ1) is 15.3. The van der Waals surface area contributed by atoms with Gasteiger partial charge in [-0.25, -0.2) is 0 Å². The van der Waals surface area contributed by atoms with Gasteiger partial charge in [-0.2, -0.15) is 0 Å². The molecule has 5 heteroatoms. The molecule has 0 aliphatic carbocycles. The van der Waals surface area contributed by atoms with Crippen LogP contribution in [-0.2, 0) is 0 Å². The Balaban J connectivity index is 2.63. The number of phenols is 2. The van der Waals surface area contributed by atoms with Crippen molar-refractivity contribution in [2.75, 3.05) is 6.54 Å². The van der Waals surface area contributed by atoms with Crippen molar-refractivity contribution in [1.82, 2.24) is 5.32 Å². The topological polar surface area (TPSA) is 95.6 Å². The first-order chi connectivity index (χ1) is 8.99. The van der Waals surface area contributed by atoms with Gasteiger partial charge in [0, 0.05) is 12.6 Å². The molecule has 5 N–H and O–H groups in total. The van der Waals surface area contributed by atoms with Gasteiger partial charge in [0.2, 0.25) is 0 Å². The number of nitrogens with one attached hydrogen (secondary N) is 1. The van der Waals surface area contributed by atoms with Crippen molar-refractivity contribution in [1.29, 1.82) is 0 Å². The van der Waals surface area contributed by atoms with Crippen molar-refractivity contribution < 1.29 is 15.0 Å². The molecule has 1 aromatic rings. The van der Waals surface area contributed by atoms with Crippen LogP contribution in [0.5, 0.6) is 11.5 Å². The van der Waals surface area contributed by atoms with Crippen LogP contribution in [0, 0.1) is 5.92 Å². The Labute approximate surface area is 113 Å². The number of aromatic hydroxyl groups is 2. The van der Waals surface area contributed by atoms with E-state index in [0.29, 0.717) is 12.5 Å². The van der Waals surface area contributed by atoms with Crippen LogP contribution in [0.1, 0.15) is 37.0 Å². The van der Waals surface area contributed by atoms with Gasteiger partial charge in [-0.15, -0.1) is 0 Å². The first-order valence-corrected chi connectivity index (χ1v) is 6.55. The highest BCUT2D eigenvalue weighted by Gasteiger charge is 2.17. The Bertz CT molecular complexity index is 431. The number of hydrogen-bond donors (Lipinski definition) is 4. The van der Waals surface area contributed by atoms with E-state index in [9.17, 15) is 15.0 Å². The summed E-state index contributed by atoms with van der Waals surface area (Å²) < 4.78 is 0. The maximum atomic E-state index is 11.9. The van der Waals surface area contributed by atoms with E-state index in [-0.39, 0.29) is 23.1 Å². The summed E-state index contributed by atoms with van der Waals surface area (Å²) in [6.45, 7) is 4.48. The van der Waals surface area contributed by atoms with E-state index >= 15 is 0 Å². The van der Waals surface area contributed by atoms with Crippen molar-refractivity contribution in [2.45, 2.75) is 32.7 Å². The van der Waals surface area contributed by atoms with Crippen molar-refractivity contribution in [3.05, 3.63) is 23.8 Å². The molecule has 0 aromatic heterocycles. The lowest BCUT2D eigenvalue weighted by Crippen LogP contribution is -2.41. The molecule has 0 spiro atoms. The van der Waals surface area contributed by atoms with Gasteiger partial charge in [-0.3, -0.25) is 4.79 Å². The highest BCUT2D eigenvalue weighted by atomic mass is 16.3. The fraction of sp³-hybridized carbons (Fsp3) is 0.500. The first-order valence-electron chi connectivity index (χ1n) is 6.55. The summed E-state index contributed by atoms with van der Waals surface area (Å²) in [6, 6.07) is 3.72. The summed E-state index contributed by atoms with van der Waals surface area (Å²) in [7, 11) is 0. The third kappa shape index (κ3) is 4.13. The van der Waals surface area contributed by atoms with Crippen LogP contribution in [0.2, 0.25) is 0 Å². The Morgan fingerprint density at radius 3 is 2.53 bits per heavy atom. The molecular weight excluding hydrogens is 244 g/mol. The predicted molar refractivity (Wildman–Crippen MR) is 74.2 cm³/mol. The number of rotatable bonds is 6. The van der Waals surface area contributed by atoms with Crippen LogP contribution in [0.15, 0.2) is 18.2 Å². The number of carbonyl (C=O) groups excluding carboxylic acids is 1. The molecule has 19 heavy (non-hydrogen) atoms. The normalized spacial score (nSPS) is 12.4. The number of carbonyl (C=O) groups is 1.